The minimum Gasteiger partial charge on any atom is -0.496 e. The molecule has 0 fully saturated rings. The summed E-state index contributed by atoms with van der Waals surface area (Å²) in [7, 11) is 1.60. The van der Waals surface area contributed by atoms with Crippen molar-refractivity contribution in [2.75, 3.05) is 12.4 Å². The molecule has 2 N–H and O–H groups in total. The lowest BCUT2D eigenvalue weighted by molar-refractivity contribution is -0.136. The molecule has 1 aromatic heterocycles. The average Bonchev–Trinajstić information content (AvgIpc) is 2.80. The minimum atomic E-state index is -0.944. The van der Waals surface area contributed by atoms with E-state index in [4.69, 9.17) is 4.74 Å². The van der Waals surface area contributed by atoms with Crippen molar-refractivity contribution in [2.24, 2.45) is 5.10 Å². The van der Waals surface area contributed by atoms with Crippen molar-refractivity contribution in [1.29, 1.82) is 0 Å². The highest BCUT2D eigenvalue weighted by Gasteiger charge is 2.13. The van der Waals surface area contributed by atoms with Gasteiger partial charge in [-0.25, -0.2) is 14.8 Å². The highest BCUT2D eigenvalue weighted by molar-refractivity contribution is 7.98. The second kappa shape index (κ2) is 10.9. The lowest BCUT2D eigenvalue weighted by Crippen LogP contribution is -2.32. The summed E-state index contributed by atoms with van der Waals surface area (Å²) in [4.78, 5) is 28.1. The molecule has 3 aromatic rings. The van der Waals surface area contributed by atoms with Crippen molar-refractivity contribution >= 4 is 35.5 Å². The van der Waals surface area contributed by atoms with E-state index in [2.05, 4.69) is 20.8 Å². The number of rotatable bonds is 7. The van der Waals surface area contributed by atoms with E-state index in [1.807, 2.05) is 24.3 Å². The Bertz CT molecular complexity index is 1080. The number of halogens is 1. The molecule has 0 radical (unpaired) electrons. The fourth-order valence-electron chi connectivity index (χ4n) is 2.51. The molecule has 0 bridgehead atoms. The molecule has 3 rings (SSSR count). The molecule has 0 saturated heterocycles. The predicted molar refractivity (Wildman–Crippen MR) is 118 cm³/mol. The van der Waals surface area contributed by atoms with Gasteiger partial charge < -0.3 is 10.1 Å². The van der Waals surface area contributed by atoms with Gasteiger partial charge in [0.05, 0.1) is 18.4 Å². The minimum absolute atomic E-state index is 0.302. The summed E-state index contributed by atoms with van der Waals surface area (Å²) >= 11 is 1.56. The molecule has 1 heterocycles. The summed E-state index contributed by atoms with van der Waals surface area (Å²) < 4.78 is 18.3. The number of benzene rings is 2. The van der Waals surface area contributed by atoms with E-state index in [1.165, 1.54) is 30.5 Å². The molecule has 0 aliphatic carbocycles. The zero-order valence-corrected chi connectivity index (χ0v) is 17.4. The first-order chi connectivity index (χ1) is 15.0. The van der Waals surface area contributed by atoms with Crippen LogP contribution in [0.25, 0.3) is 0 Å². The number of thioether (sulfide) groups is 1. The summed E-state index contributed by atoms with van der Waals surface area (Å²) in [6.45, 7) is 0. The number of hydrogen-bond acceptors (Lipinski definition) is 6. The highest BCUT2D eigenvalue weighted by Crippen LogP contribution is 2.27. The maximum Gasteiger partial charge on any atom is 0.329 e. The van der Waals surface area contributed by atoms with Crippen LogP contribution >= 0.6 is 11.8 Å². The topological polar surface area (TPSA) is 92.7 Å². The van der Waals surface area contributed by atoms with E-state index in [-0.39, 0.29) is 0 Å². The van der Waals surface area contributed by atoms with E-state index in [0.717, 1.165) is 21.9 Å². The van der Waals surface area contributed by atoms with Crippen LogP contribution < -0.4 is 15.5 Å². The Hall–Kier alpha value is -3.72. The van der Waals surface area contributed by atoms with Gasteiger partial charge in [-0.3, -0.25) is 9.59 Å². The monoisotopic (exact) mass is 438 g/mol. The summed E-state index contributed by atoms with van der Waals surface area (Å²) in [5.74, 6) is -0.938. The van der Waals surface area contributed by atoms with Crippen LogP contribution in [-0.4, -0.2) is 30.1 Å². The van der Waals surface area contributed by atoms with Crippen LogP contribution in [0.15, 0.2) is 77.0 Å². The third-order valence-electron chi connectivity index (χ3n) is 4.01. The standard InChI is InChI=1S/C22H19FN4O3S/c1-30-19-10-5-15(12-16(19)14-31-20-4-2-3-11-24-20)13-25-27-22(29)21(28)26-18-8-6-17(23)7-9-18/h2-13H,14H2,1H3,(H,26,28)(H,27,29)/b25-13-. The van der Waals surface area contributed by atoms with Crippen LogP contribution in [0, 0.1) is 5.82 Å². The van der Waals surface area contributed by atoms with Crippen molar-refractivity contribution < 1.29 is 18.7 Å². The van der Waals surface area contributed by atoms with Crippen LogP contribution in [0.1, 0.15) is 11.1 Å². The molecule has 7 nitrogen and oxygen atoms in total. The number of amides is 2. The number of anilines is 1. The summed E-state index contributed by atoms with van der Waals surface area (Å²) in [5.41, 5.74) is 4.12. The quantitative estimate of drug-likeness (QED) is 0.254. The van der Waals surface area contributed by atoms with Gasteiger partial charge in [0.1, 0.15) is 11.6 Å². The van der Waals surface area contributed by atoms with Gasteiger partial charge in [0.25, 0.3) is 0 Å². The van der Waals surface area contributed by atoms with Crippen molar-refractivity contribution in [2.45, 2.75) is 10.8 Å². The highest BCUT2D eigenvalue weighted by atomic mass is 32.2. The number of aromatic nitrogens is 1. The summed E-state index contributed by atoms with van der Waals surface area (Å²) in [6.07, 6.45) is 3.16. The number of pyridine rings is 1. The largest absolute Gasteiger partial charge is 0.496 e. The van der Waals surface area contributed by atoms with Gasteiger partial charge >= 0.3 is 11.8 Å². The Labute approximate surface area is 182 Å². The van der Waals surface area contributed by atoms with Gasteiger partial charge in [-0.05, 0) is 60.2 Å². The van der Waals surface area contributed by atoms with E-state index in [1.54, 1.807) is 37.2 Å². The zero-order valence-electron chi connectivity index (χ0n) is 16.5. The van der Waals surface area contributed by atoms with Crippen molar-refractivity contribution in [3.63, 3.8) is 0 Å². The normalized spacial score (nSPS) is 10.6. The van der Waals surface area contributed by atoms with Crippen LogP contribution in [-0.2, 0) is 15.3 Å². The Balaban J connectivity index is 1.58. The van der Waals surface area contributed by atoms with E-state index in [0.29, 0.717) is 11.4 Å². The molecular weight excluding hydrogens is 419 g/mol. The first-order valence-corrected chi connectivity index (χ1v) is 10.1. The third-order valence-corrected chi connectivity index (χ3v) is 5.00. The lowest BCUT2D eigenvalue weighted by atomic mass is 10.1. The Kier molecular flexibility index (Phi) is 7.72. The van der Waals surface area contributed by atoms with Gasteiger partial charge in [0, 0.05) is 23.2 Å². The predicted octanol–water partition coefficient (Wildman–Crippen LogP) is 3.61. The fraction of sp³-hybridized carbons (Fsp3) is 0.0909. The second-order valence-electron chi connectivity index (χ2n) is 6.19. The van der Waals surface area contributed by atoms with Gasteiger partial charge in [0.2, 0.25) is 0 Å². The second-order valence-corrected chi connectivity index (χ2v) is 7.18. The number of nitrogens with zero attached hydrogens (tertiary/aromatic N) is 2. The summed E-state index contributed by atoms with van der Waals surface area (Å²) in [6, 6.07) is 16.2. The lowest BCUT2D eigenvalue weighted by Gasteiger charge is -2.09. The first kappa shape index (κ1) is 22.0. The van der Waals surface area contributed by atoms with Gasteiger partial charge in [-0.2, -0.15) is 5.10 Å². The Morgan fingerprint density at radius 1 is 1.13 bits per heavy atom. The molecule has 0 unspecified atom stereocenters. The zero-order chi connectivity index (χ0) is 22.1. The van der Waals surface area contributed by atoms with Crippen LogP contribution in [0.4, 0.5) is 10.1 Å². The smallest absolute Gasteiger partial charge is 0.329 e. The van der Waals surface area contributed by atoms with Crippen molar-refractivity contribution in [3.8, 4) is 5.75 Å². The van der Waals surface area contributed by atoms with Gasteiger partial charge in [0.15, 0.2) is 0 Å². The number of carbonyl (C=O) groups excluding carboxylic acids is 2. The van der Waals surface area contributed by atoms with Crippen molar-refractivity contribution in [3.05, 3.63) is 83.8 Å². The molecule has 9 heteroatoms. The Morgan fingerprint density at radius 2 is 1.94 bits per heavy atom. The first-order valence-electron chi connectivity index (χ1n) is 9.16. The molecule has 0 saturated carbocycles. The van der Waals surface area contributed by atoms with E-state index < -0.39 is 17.6 Å². The van der Waals surface area contributed by atoms with Gasteiger partial charge in [-0.1, -0.05) is 6.07 Å². The third kappa shape index (κ3) is 6.65. The number of nitrogens with one attached hydrogen (secondary N) is 2. The van der Waals surface area contributed by atoms with Crippen LogP contribution in [0.2, 0.25) is 0 Å². The van der Waals surface area contributed by atoms with E-state index >= 15 is 0 Å². The number of hydrogen-bond donors (Lipinski definition) is 2. The number of hydrazone groups is 1. The number of methoxy groups -OCH3 is 1. The molecular formula is C22H19FN4O3S. The van der Waals surface area contributed by atoms with Crippen LogP contribution in [0.5, 0.6) is 5.75 Å². The van der Waals surface area contributed by atoms with E-state index in [9.17, 15) is 14.0 Å². The van der Waals surface area contributed by atoms with Crippen LogP contribution in [0.3, 0.4) is 0 Å². The van der Waals surface area contributed by atoms with Crippen molar-refractivity contribution in [1.82, 2.24) is 10.4 Å². The molecule has 2 aromatic carbocycles. The molecule has 158 valence electrons. The molecule has 0 aliphatic heterocycles. The molecule has 0 spiro atoms. The molecule has 2 amide bonds. The number of ether oxygens (including phenoxy) is 1. The fourth-order valence-corrected chi connectivity index (χ4v) is 3.35. The average molecular weight is 438 g/mol. The van der Waals surface area contributed by atoms with Gasteiger partial charge in [-0.15, -0.1) is 11.8 Å². The Morgan fingerprint density at radius 3 is 2.65 bits per heavy atom. The molecule has 0 atom stereocenters. The maximum absolute atomic E-state index is 12.9. The number of carbonyl (C=O) groups is 2. The molecule has 0 aliphatic rings. The maximum atomic E-state index is 12.9. The SMILES string of the molecule is COc1ccc(/C=N\NC(=O)C(=O)Nc2ccc(F)cc2)cc1CSc1ccccn1. The summed E-state index contributed by atoms with van der Waals surface area (Å²) in [5, 5.41) is 7.08. The molecule has 31 heavy (non-hydrogen) atoms.